The minimum atomic E-state index is -0.0121. The summed E-state index contributed by atoms with van der Waals surface area (Å²) in [5.74, 6) is 0.175. The lowest BCUT2D eigenvalue weighted by Gasteiger charge is -2.48. The number of ether oxygens (including phenoxy) is 1. The maximum absolute atomic E-state index is 11.2. The van der Waals surface area contributed by atoms with Gasteiger partial charge in [0.2, 0.25) is 0 Å². The second-order valence-electron chi connectivity index (χ2n) is 4.88. The predicted octanol–water partition coefficient (Wildman–Crippen LogP) is 2.69. The molecule has 0 aromatic heterocycles. The van der Waals surface area contributed by atoms with Crippen LogP contribution in [0.1, 0.15) is 39.0 Å². The van der Waals surface area contributed by atoms with Gasteiger partial charge in [0.15, 0.2) is 0 Å². The fourth-order valence-electron chi connectivity index (χ4n) is 2.75. The van der Waals surface area contributed by atoms with Crippen molar-refractivity contribution in [2.75, 3.05) is 7.11 Å². The standard InChI is InChI=1S/C12H18O2/c1-9-3-5-12(6-4-9)7-10(8-12)11(13)14-2/h3,10H,4-8H2,1-2H3. The number of carbonyl (C=O) groups is 1. The third kappa shape index (κ3) is 1.58. The van der Waals surface area contributed by atoms with E-state index in [2.05, 4.69) is 13.0 Å². The first-order valence-corrected chi connectivity index (χ1v) is 5.39. The number of rotatable bonds is 1. The van der Waals surface area contributed by atoms with Crippen LogP contribution in [-0.2, 0) is 9.53 Å². The second kappa shape index (κ2) is 3.41. The summed E-state index contributed by atoms with van der Waals surface area (Å²) in [5.41, 5.74) is 1.97. The van der Waals surface area contributed by atoms with Gasteiger partial charge in [0.05, 0.1) is 13.0 Å². The zero-order chi connectivity index (χ0) is 10.2. The molecule has 0 N–H and O–H groups in total. The van der Waals surface area contributed by atoms with Gasteiger partial charge < -0.3 is 4.74 Å². The Bertz CT molecular complexity index is 272. The largest absolute Gasteiger partial charge is 0.469 e. The van der Waals surface area contributed by atoms with Crippen LogP contribution in [0.15, 0.2) is 11.6 Å². The van der Waals surface area contributed by atoms with Crippen LogP contribution in [0.25, 0.3) is 0 Å². The summed E-state index contributed by atoms with van der Waals surface area (Å²) >= 11 is 0. The van der Waals surface area contributed by atoms with Gasteiger partial charge in [-0.3, -0.25) is 4.79 Å². The lowest BCUT2D eigenvalue weighted by Crippen LogP contribution is -2.42. The summed E-state index contributed by atoms with van der Waals surface area (Å²) in [6, 6.07) is 0. The molecule has 0 atom stereocenters. The molecule has 0 saturated heterocycles. The lowest BCUT2D eigenvalue weighted by atomic mass is 9.56. The highest BCUT2D eigenvalue weighted by Gasteiger charge is 2.47. The van der Waals surface area contributed by atoms with E-state index < -0.39 is 0 Å². The number of hydrogen-bond donors (Lipinski definition) is 0. The number of carbonyl (C=O) groups excluding carboxylic acids is 1. The van der Waals surface area contributed by atoms with Gasteiger partial charge in [-0.2, -0.15) is 0 Å². The maximum Gasteiger partial charge on any atom is 0.308 e. The van der Waals surface area contributed by atoms with Gasteiger partial charge in [-0.1, -0.05) is 11.6 Å². The molecule has 1 fully saturated rings. The lowest BCUT2D eigenvalue weighted by molar-refractivity contribution is -0.154. The van der Waals surface area contributed by atoms with Gasteiger partial charge in [0.25, 0.3) is 0 Å². The summed E-state index contributed by atoms with van der Waals surface area (Å²) in [6.45, 7) is 2.20. The second-order valence-corrected chi connectivity index (χ2v) is 4.88. The molecule has 2 rings (SSSR count). The van der Waals surface area contributed by atoms with Crippen LogP contribution in [-0.4, -0.2) is 13.1 Å². The minimum Gasteiger partial charge on any atom is -0.469 e. The Kier molecular flexibility index (Phi) is 2.38. The van der Waals surface area contributed by atoms with Crippen LogP contribution in [0.3, 0.4) is 0 Å². The van der Waals surface area contributed by atoms with E-state index >= 15 is 0 Å². The number of hydrogen-bond acceptors (Lipinski definition) is 2. The Morgan fingerprint density at radius 1 is 1.57 bits per heavy atom. The van der Waals surface area contributed by atoms with E-state index in [1.807, 2.05) is 0 Å². The Morgan fingerprint density at radius 2 is 2.29 bits per heavy atom. The highest BCUT2D eigenvalue weighted by Crippen LogP contribution is 2.54. The minimum absolute atomic E-state index is 0.0121. The van der Waals surface area contributed by atoms with E-state index in [0.29, 0.717) is 5.41 Å². The van der Waals surface area contributed by atoms with Crippen LogP contribution in [0.4, 0.5) is 0 Å². The normalized spacial score (nSPS) is 36.1. The SMILES string of the molecule is COC(=O)C1CC2(CC=C(C)CC2)C1. The first-order valence-electron chi connectivity index (χ1n) is 5.39. The molecule has 2 heteroatoms. The van der Waals surface area contributed by atoms with Crippen molar-refractivity contribution in [2.45, 2.75) is 39.0 Å². The molecule has 0 amide bonds. The smallest absolute Gasteiger partial charge is 0.308 e. The van der Waals surface area contributed by atoms with Gasteiger partial charge in [0, 0.05) is 0 Å². The monoisotopic (exact) mass is 194 g/mol. The van der Waals surface area contributed by atoms with Gasteiger partial charge in [-0.25, -0.2) is 0 Å². The highest BCUT2D eigenvalue weighted by atomic mass is 16.5. The predicted molar refractivity (Wildman–Crippen MR) is 54.8 cm³/mol. The van der Waals surface area contributed by atoms with Crippen molar-refractivity contribution in [2.24, 2.45) is 11.3 Å². The van der Waals surface area contributed by atoms with E-state index in [4.69, 9.17) is 4.74 Å². The zero-order valence-electron chi connectivity index (χ0n) is 9.01. The van der Waals surface area contributed by atoms with Crippen molar-refractivity contribution in [3.05, 3.63) is 11.6 Å². The summed E-state index contributed by atoms with van der Waals surface area (Å²) in [7, 11) is 1.48. The first kappa shape index (κ1) is 9.75. The fourth-order valence-corrected chi connectivity index (χ4v) is 2.75. The number of esters is 1. The van der Waals surface area contributed by atoms with Crippen LogP contribution < -0.4 is 0 Å². The van der Waals surface area contributed by atoms with Crippen molar-refractivity contribution in [3.8, 4) is 0 Å². The fraction of sp³-hybridized carbons (Fsp3) is 0.750. The van der Waals surface area contributed by atoms with Crippen LogP contribution in [0.2, 0.25) is 0 Å². The molecule has 0 aromatic rings. The van der Waals surface area contributed by atoms with Crippen LogP contribution in [0.5, 0.6) is 0 Å². The molecule has 1 spiro atoms. The van der Waals surface area contributed by atoms with Crippen molar-refractivity contribution < 1.29 is 9.53 Å². The van der Waals surface area contributed by atoms with Gasteiger partial charge in [0.1, 0.15) is 0 Å². The molecule has 2 aliphatic rings. The summed E-state index contributed by atoms with van der Waals surface area (Å²) in [4.78, 5) is 11.2. The van der Waals surface area contributed by atoms with Gasteiger partial charge >= 0.3 is 5.97 Å². The Hall–Kier alpha value is -0.790. The van der Waals surface area contributed by atoms with E-state index in [1.54, 1.807) is 0 Å². The Balaban J connectivity index is 1.90. The van der Waals surface area contributed by atoms with Crippen molar-refractivity contribution in [1.82, 2.24) is 0 Å². The molecule has 0 aromatic carbocycles. The number of methoxy groups -OCH3 is 1. The van der Waals surface area contributed by atoms with Gasteiger partial charge in [-0.05, 0) is 44.4 Å². The van der Waals surface area contributed by atoms with Crippen LogP contribution in [0, 0.1) is 11.3 Å². The summed E-state index contributed by atoms with van der Waals surface area (Å²) in [5, 5.41) is 0. The molecule has 0 aliphatic heterocycles. The molecule has 2 nitrogen and oxygen atoms in total. The molecule has 0 unspecified atom stereocenters. The zero-order valence-corrected chi connectivity index (χ0v) is 9.01. The van der Waals surface area contributed by atoms with Crippen molar-refractivity contribution in [1.29, 1.82) is 0 Å². The topological polar surface area (TPSA) is 26.3 Å². The Labute approximate surface area is 85.3 Å². The molecule has 2 aliphatic carbocycles. The third-order valence-electron chi connectivity index (χ3n) is 3.83. The molecule has 1 saturated carbocycles. The average molecular weight is 194 g/mol. The van der Waals surface area contributed by atoms with E-state index in [9.17, 15) is 4.79 Å². The molecule has 0 bridgehead atoms. The number of allylic oxidation sites excluding steroid dienone is 2. The quantitative estimate of drug-likeness (QED) is 0.474. The maximum atomic E-state index is 11.2. The molecular weight excluding hydrogens is 176 g/mol. The molecule has 14 heavy (non-hydrogen) atoms. The van der Waals surface area contributed by atoms with E-state index in [-0.39, 0.29) is 11.9 Å². The van der Waals surface area contributed by atoms with Crippen LogP contribution >= 0.6 is 0 Å². The molecule has 78 valence electrons. The van der Waals surface area contributed by atoms with Crippen molar-refractivity contribution >= 4 is 5.97 Å². The summed E-state index contributed by atoms with van der Waals surface area (Å²) in [6.07, 6.45) is 8.09. The Morgan fingerprint density at radius 3 is 2.79 bits per heavy atom. The summed E-state index contributed by atoms with van der Waals surface area (Å²) < 4.78 is 4.75. The first-order chi connectivity index (χ1) is 6.65. The van der Waals surface area contributed by atoms with E-state index in [0.717, 1.165) is 12.8 Å². The molecule has 0 heterocycles. The van der Waals surface area contributed by atoms with Gasteiger partial charge in [-0.15, -0.1) is 0 Å². The highest BCUT2D eigenvalue weighted by molar-refractivity contribution is 5.73. The third-order valence-corrected chi connectivity index (χ3v) is 3.83. The molecule has 0 radical (unpaired) electrons. The molecular formula is C12H18O2. The average Bonchev–Trinajstić information content (AvgIpc) is 2.15. The van der Waals surface area contributed by atoms with Crippen molar-refractivity contribution in [3.63, 3.8) is 0 Å². The van der Waals surface area contributed by atoms with E-state index in [1.165, 1.54) is 31.9 Å².